The van der Waals surface area contributed by atoms with Gasteiger partial charge in [0.1, 0.15) is 12.6 Å². The molecule has 3 rings (SSSR count). The van der Waals surface area contributed by atoms with Crippen LogP contribution in [0.1, 0.15) is 13.3 Å². The van der Waals surface area contributed by atoms with Crippen molar-refractivity contribution in [2.24, 2.45) is 5.73 Å². The Morgan fingerprint density at radius 2 is 2.12 bits per heavy atom. The van der Waals surface area contributed by atoms with Crippen molar-refractivity contribution >= 4 is 22.7 Å². The van der Waals surface area contributed by atoms with E-state index in [1.807, 2.05) is 6.92 Å². The van der Waals surface area contributed by atoms with E-state index >= 15 is 0 Å². The summed E-state index contributed by atoms with van der Waals surface area (Å²) in [6, 6.07) is 6.13. The zero-order chi connectivity index (χ0) is 18.0. The van der Waals surface area contributed by atoms with Gasteiger partial charge in [-0.15, -0.1) is 0 Å². The van der Waals surface area contributed by atoms with E-state index in [2.05, 4.69) is 10.3 Å². The minimum absolute atomic E-state index is 0.167. The molecular weight excluding hydrogens is 322 g/mol. The van der Waals surface area contributed by atoms with Gasteiger partial charge < -0.3 is 16.0 Å². The number of para-hydroxylation sites is 1. The molecule has 0 bridgehead atoms. The van der Waals surface area contributed by atoms with Crippen molar-refractivity contribution in [3.63, 3.8) is 0 Å². The van der Waals surface area contributed by atoms with Gasteiger partial charge in [-0.1, -0.05) is 12.1 Å². The van der Waals surface area contributed by atoms with Gasteiger partial charge in [0.15, 0.2) is 0 Å². The number of carbonyl (C=O) groups excluding carboxylic acids is 2. The van der Waals surface area contributed by atoms with Gasteiger partial charge in [-0.25, -0.2) is 4.98 Å². The molecule has 0 radical (unpaired) electrons. The van der Waals surface area contributed by atoms with Gasteiger partial charge in [0, 0.05) is 19.1 Å². The maximum Gasteiger partial charge on any atom is 0.261 e. The summed E-state index contributed by atoms with van der Waals surface area (Å²) in [4.78, 5) is 43.0. The number of aromatic nitrogens is 2. The van der Waals surface area contributed by atoms with E-state index < -0.39 is 6.04 Å². The highest BCUT2D eigenvalue weighted by molar-refractivity contribution is 5.88. The minimum atomic E-state index is -0.591. The Kier molecular flexibility index (Phi) is 4.80. The fraction of sp³-hybridized carbons (Fsp3) is 0.412. The number of amides is 2. The number of likely N-dealkylation sites (N-methyl/N-ethyl adjacent to an activating group) is 1. The van der Waals surface area contributed by atoms with Crippen LogP contribution < -0.4 is 16.6 Å². The van der Waals surface area contributed by atoms with Crippen LogP contribution in [0.3, 0.4) is 0 Å². The predicted molar refractivity (Wildman–Crippen MR) is 92.8 cm³/mol. The first-order chi connectivity index (χ1) is 12.0. The lowest BCUT2D eigenvalue weighted by atomic mass is 10.1. The molecule has 1 saturated heterocycles. The van der Waals surface area contributed by atoms with E-state index in [-0.39, 0.29) is 30.0 Å². The highest BCUT2D eigenvalue weighted by Crippen LogP contribution is 2.17. The second-order valence-electron chi connectivity index (χ2n) is 6.15. The lowest BCUT2D eigenvalue weighted by molar-refractivity contribution is -0.138. The molecule has 3 N–H and O–H groups in total. The highest BCUT2D eigenvalue weighted by atomic mass is 16.2. The Hall–Kier alpha value is -2.74. The SMILES string of the molecule is CCNC(=O)[C@@H]1C[C@@H](N)CN1C(=O)Cn1cnc2ccccc2c1=O. The minimum Gasteiger partial charge on any atom is -0.355 e. The van der Waals surface area contributed by atoms with Crippen LogP contribution in [0.15, 0.2) is 35.4 Å². The third kappa shape index (κ3) is 3.39. The van der Waals surface area contributed by atoms with Crippen molar-refractivity contribution in [1.29, 1.82) is 0 Å². The molecule has 132 valence electrons. The molecule has 0 spiro atoms. The van der Waals surface area contributed by atoms with Crippen LogP contribution in [0.5, 0.6) is 0 Å². The highest BCUT2D eigenvalue weighted by Gasteiger charge is 2.37. The van der Waals surface area contributed by atoms with Gasteiger partial charge in [0.25, 0.3) is 5.56 Å². The molecule has 1 fully saturated rings. The van der Waals surface area contributed by atoms with Gasteiger partial charge in [-0.2, -0.15) is 0 Å². The number of nitrogens with one attached hydrogen (secondary N) is 1. The second-order valence-corrected chi connectivity index (χ2v) is 6.15. The molecule has 2 atom stereocenters. The average molecular weight is 343 g/mol. The number of benzene rings is 1. The third-order valence-electron chi connectivity index (χ3n) is 4.34. The monoisotopic (exact) mass is 343 g/mol. The Bertz CT molecular complexity index is 863. The van der Waals surface area contributed by atoms with E-state index in [1.54, 1.807) is 24.3 Å². The van der Waals surface area contributed by atoms with Crippen LogP contribution in [0, 0.1) is 0 Å². The van der Waals surface area contributed by atoms with Crippen molar-refractivity contribution in [3.8, 4) is 0 Å². The fourth-order valence-electron chi connectivity index (χ4n) is 3.14. The summed E-state index contributed by atoms with van der Waals surface area (Å²) in [5, 5.41) is 3.18. The molecule has 0 saturated carbocycles. The predicted octanol–water partition coefficient (Wildman–Crippen LogP) is -0.539. The fourth-order valence-corrected chi connectivity index (χ4v) is 3.14. The molecule has 8 nitrogen and oxygen atoms in total. The van der Waals surface area contributed by atoms with Crippen molar-refractivity contribution in [2.75, 3.05) is 13.1 Å². The molecular formula is C17H21N5O3. The molecule has 1 aliphatic rings. The largest absolute Gasteiger partial charge is 0.355 e. The van der Waals surface area contributed by atoms with Crippen LogP contribution in [-0.2, 0) is 16.1 Å². The van der Waals surface area contributed by atoms with Gasteiger partial charge in [-0.3, -0.25) is 19.0 Å². The summed E-state index contributed by atoms with van der Waals surface area (Å²) in [6.07, 6.45) is 1.78. The maximum atomic E-state index is 12.7. The maximum absolute atomic E-state index is 12.7. The van der Waals surface area contributed by atoms with Crippen LogP contribution in [0.2, 0.25) is 0 Å². The molecule has 2 amide bonds. The molecule has 8 heteroatoms. The first-order valence-electron chi connectivity index (χ1n) is 8.28. The van der Waals surface area contributed by atoms with Crippen LogP contribution in [-0.4, -0.2) is 51.4 Å². The van der Waals surface area contributed by atoms with E-state index in [9.17, 15) is 14.4 Å². The third-order valence-corrected chi connectivity index (χ3v) is 4.34. The van der Waals surface area contributed by atoms with Crippen LogP contribution in [0.4, 0.5) is 0 Å². The van der Waals surface area contributed by atoms with Crippen molar-refractivity contribution < 1.29 is 9.59 Å². The molecule has 0 unspecified atom stereocenters. The number of nitrogens with zero attached hydrogens (tertiary/aromatic N) is 3. The first kappa shape index (κ1) is 17.1. The van der Waals surface area contributed by atoms with E-state index in [1.165, 1.54) is 15.8 Å². The van der Waals surface area contributed by atoms with Crippen LogP contribution >= 0.6 is 0 Å². The topological polar surface area (TPSA) is 110 Å². The zero-order valence-corrected chi connectivity index (χ0v) is 14.0. The van der Waals surface area contributed by atoms with E-state index in [0.717, 1.165) is 0 Å². The van der Waals surface area contributed by atoms with Gasteiger partial charge in [0.2, 0.25) is 11.8 Å². The molecule has 2 aromatic rings. The van der Waals surface area contributed by atoms with E-state index in [4.69, 9.17) is 5.73 Å². The van der Waals surface area contributed by atoms with Gasteiger partial charge in [0.05, 0.1) is 17.2 Å². The number of rotatable bonds is 4. The zero-order valence-electron chi connectivity index (χ0n) is 14.0. The normalized spacial score (nSPS) is 20.0. The quantitative estimate of drug-likeness (QED) is 0.775. The lowest BCUT2D eigenvalue weighted by Gasteiger charge is -2.24. The molecule has 1 aliphatic heterocycles. The molecule has 2 heterocycles. The smallest absolute Gasteiger partial charge is 0.261 e. The van der Waals surface area contributed by atoms with E-state index in [0.29, 0.717) is 30.4 Å². The summed E-state index contributed by atoms with van der Waals surface area (Å²) < 4.78 is 1.27. The Morgan fingerprint density at radius 1 is 1.36 bits per heavy atom. The molecule has 1 aromatic heterocycles. The summed E-state index contributed by atoms with van der Waals surface area (Å²) >= 11 is 0. The van der Waals surface area contributed by atoms with Gasteiger partial charge >= 0.3 is 0 Å². The second kappa shape index (κ2) is 7.02. The molecule has 1 aromatic carbocycles. The first-order valence-corrected chi connectivity index (χ1v) is 8.28. The summed E-state index contributed by atoms with van der Waals surface area (Å²) in [5.41, 5.74) is 6.23. The van der Waals surface area contributed by atoms with Crippen molar-refractivity contribution in [1.82, 2.24) is 19.8 Å². The Labute approximate surface area is 144 Å². The standard InChI is InChI=1S/C17H21N5O3/c1-2-19-16(24)14-7-11(18)8-22(14)15(23)9-21-10-20-13-6-4-3-5-12(13)17(21)25/h3-6,10-11,14H,2,7-9,18H2,1H3,(H,19,24)/t11-,14+/m1/s1. The summed E-state index contributed by atoms with van der Waals surface area (Å²) in [7, 11) is 0. The lowest BCUT2D eigenvalue weighted by Crippen LogP contribution is -2.47. The number of likely N-dealkylation sites (tertiary alicyclic amines) is 1. The number of carbonyl (C=O) groups is 2. The van der Waals surface area contributed by atoms with Crippen LogP contribution in [0.25, 0.3) is 10.9 Å². The Balaban J connectivity index is 1.83. The number of hydrogen-bond donors (Lipinski definition) is 2. The number of nitrogens with two attached hydrogens (primary N) is 1. The molecule has 25 heavy (non-hydrogen) atoms. The molecule has 0 aliphatic carbocycles. The summed E-state index contributed by atoms with van der Waals surface area (Å²) in [5.74, 6) is -0.531. The van der Waals surface area contributed by atoms with Crippen molar-refractivity contribution in [3.05, 3.63) is 40.9 Å². The summed E-state index contributed by atoms with van der Waals surface area (Å²) in [6.45, 7) is 2.44. The number of fused-ring (bicyclic) bond motifs is 1. The van der Waals surface area contributed by atoms with Gasteiger partial charge in [-0.05, 0) is 25.5 Å². The average Bonchev–Trinajstić information content (AvgIpc) is 3.00. The number of hydrogen-bond acceptors (Lipinski definition) is 5. The van der Waals surface area contributed by atoms with Crippen molar-refractivity contribution in [2.45, 2.75) is 32.0 Å². The Morgan fingerprint density at radius 3 is 2.88 bits per heavy atom.